The molecule has 1 aromatic rings. The highest BCUT2D eigenvalue weighted by Gasteiger charge is 2.27. The van der Waals surface area contributed by atoms with Crippen molar-refractivity contribution in [3.63, 3.8) is 0 Å². The Hall–Kier alpha value is -0.420. The van der Waals surface area contributed by atoms with Gasteiger partial charge in [0.2, 0.25) is 10.0 Å². The van der Waals surface area contributed by atoms with Gasteiger partial charge in [0.05, 0.1) is 12.3 Å². The molecule has 0 aromatic carbocycles. The second-order valence-corrected chi connectivity index (χ2v) is 9.58. The summed E-state index contributed by atoms with van der Waals surface area (Å²) in [5.41, 5.74) is 0. The second kappa shape index (κ2) is 7.23. The van der Waals surface area contributed by atoms with Crippen molar-refractivity contribution in [2.75, 3.05) is 32.1 Å². The minimum atomic E-state index is -3.80. The number of furan rings is 1. The maximum atomic E-state index is 12.4. The van der Waals surface area contributed by atoms with E-state index in [1.165, 1.54) is 13.1 Å². The molecule has 0 saturated carbocycles. The van der Waals surface area contributed by atoms with Crippen LogP contribution in [0.1, 0.15) is 12.7 Å². The van der Waals surface area contributed by atoms with E-state index in [2.05, 4.69) is 21.2 Å². The smallest absolute Gasteiger partial charge is 0.247 e. The molecular weight excluding hydrogens is 384 g/mol. The van der Waals surface area contributed by atoms with E-state index in [9.17, 15) is 16.8 Å². The number of sulfone groups is 1. The highest BCUT2D eigenvalue weighted by Crippen LogP contribution is 2.28. The Bertz CT molecular complexity index is 681. The fourth-order valence-electron chi connectivity index (χ4n) is 1.49. The Morgan fingerprint density at radius 1 is 1.33 bits per heavy atom. The molecule has 0 fully saturated rings. The minimum Gasteiger partial charge on any atom is -0.452 e. The number of halogens is 1. The highest BCUT2D eigenvalue weighted by molar-refractivity contribution is 9.10. The van der Waals surface area contributed by atoms with Crippen LogP contribution in [0.5, 0.6) is 0 Å². The van der Waals surface area contributed by atoms with Gasteiger partial charge in [-0.2, -0.15) is 4.31 Å². The van der Waals surface area contributed by atoms with Gasteiger partial charge >= 0.3 is 0 Å². The lowest BCUT2D eigenvalue weighted by Crippen LogP contribution is -2.31. The third kappa shape index (κ3) is 5.37. The van der Waals surface area contributed by atoms with Crippen molar-refractivity contribution in [3.05, 3.63) is 16.5 Å². The van der Waals surface area contributed by atoms with Crippen LogP contribution in [0, 0.1) is 0 Å². The molecule has 0 unspecified atom stereocenters. The van der Waals surface area contributed by atoms with Crippen LogP contribution >= 0.6 is 15.9 Å². The highest BCUT2D eigenvalue weighted by atomic mass is 79.9. The second-order valence-electron chi connectivity index (χ2n) is 4.59. The number of rotatable bonds is 8. The summed E-state index contributed by atoms with van der Waals surface area (Å²) in [6, 6.07) is 1.43. The summed E-state index contributed by atoms with van der Waals surface area (Å²) in [7, 11) is -5.69. The number of hydrogen-bond donors (Lipinski definition) is 1. The van der Waals surface area contributed by atoms with Gasteiger partial charge in [-0.3, -0.25) is 0 Å². The first-order valence-electron chi connectivity index (χ1n) is 6.21. The lowest BCUT2D eigenvalue weighted by molar-refractivity contribution is 0.458. The van der Waals surface area contributed by atoms with Crippen molar-refractivity contribution < 1.29 is 21.3 Å². The molecule has 0 amide bonds. The van der Waals surface area contributed by atoms with Crippen molar-refractivity contribution in [3.8, 4) is 0 Å². The van der Waals surface area contributed by atoms with Crippen LogP contribution in [-0.2, 0) is 26.4 Å². The normalized spacial score (nSPS) is 13.0. The van der Waals surface area contributed by atoms with Crippen LogP contribution in [0.4, 0.5) is 0 Å². The van der Waals surface area contributed by atoms with Crippen LogP contribution < -0.4 is 5.32 Å². The van der Waals surface area contributed by atoms with Gasteiger partial charge in [-0.15, -0.1) is 0 Å². The van der Waals surface area contributed by atoms with Crippen LogP contribution in [-0.4, -0.2) is 53.3 Å². The fraction of sp³-hybridized carbons (Fsp3) is 0.636. The molecule has 0 atom stereocenters. The fourth-order valence-corrected chi connectivity index (χ4v) is 4.34. The molecule has 1 heterocycles. The summed E-state index contributed by atoms with van der Waals surface area (Å²) in [4.78, 5) is -0.00796. The molecule has 0 saturated heterocycles. The molecule has 0 radical (unpaired) electrons. The van der Waals surface area contributed by atoms with E-state index in [-0.39, 0.29) is 21.9 Å². The van der Waals surface area contributed by atoms with Gasteiger partial charge in [0, 0.05) is 25.9 Å². The quantitative estimate of drug-likeness (QED) is 0.690. The lowest BCUT2D eigenvalue weighted by atomic mass is 10.4. The first-order valence-corrected chi connectivity index (χ1v) is 10.5. The zero-order valence-electron chi connectivity index (χ0n) is 12.1. The first-order chi connectivity index (χ1) is 9.58. The number of nitrogens with one attached hydrogen (secondary N) is 1. The van der Waals surface area contributed by atoms with Gasteiger partial charge in [-0.1, -0.05) is 6.92 Å². The van der Waals surface area contributed by atoms with E-state index in [1.807, 2.05) is 6.92 Å². The molecule has 1 aromatic heterocycles. The average molecular weight is 403 g/mol. The standard InChI is InChI=1S/C11H19BrN2O5S2/c1-4-13-8-9-7-10(11(12)19-9)21(17,18)14(2)5-6-20(3,15)16/h7,13H,4-6,8H2,1-3H3. The van der Waals surface area contributed by atoms with Gasteiger partial charge in [-0.05, 0) is 22.5 Å². The SMILES string of the molecule is CCNCc1cc(S(=O)(=O)N(C)CCS(C)(=O)=O)c(Br)o1. The van der Waals surface area contributed by atoms with Crippen LogP contribution in [0.2, 0.25) is 0 Å². The topological polar surface area (TPSA) is 96.7 Å². The van der Waals surface area contributed by atoms with E-state index in [0.29, 0.717) is 12.3 Å². The van der Waals surface area contributed by atoms with Gasteiger partial charge in [0.1, 0.15) is 20.5 Å². The van der Waals surface area contributed by atoms with E-state index in [4.69, 9.17) is 4.42 Å². The lowest BCUT2D eigenvalue weighted by Gasteiger charge is -2.15. The molecule has 0 bridgehead atoms. The Morgan fingerprint density at radius 2 is 1.95 bits per heavy atom. The first kappa shape index (κ1) is 18.6. The molecule has 1 rings (SSSR count). The van der Waals surface area contributed by atoms with Crippen LogP contribution in [0.15, 0.2) is 20.0 Å². The third-order valence-corrected chi connectivity index (χ3v) is 6.36. The van der Waals surface area contributed by atoms with E-state index >= 15 is 0 Å². The van der Waals surface area contributed by atoms with E-state index in [1.54, 1.807) is 0 Å². The Kier molecular flexibility index (Phi) is 6.41. The van der Waals surface area contributed by atoms with Gasteiger partial charge in [0.15, 0.2) is 4.67 Å². The number of hydrogen-bond acceptors (Lipinski definition) is 6. The Balaban J connectivity index is 2.94. The van der Waals surface area contributed by atoms with Gasteiger partial charge in [0.25, 0.3) is 0 Å². The summed E-state index contributed by atoms with van der Waals surface area (Å²) in [5, 5.41) is 3.03. The maximum Gasteiger partial charge on any atom is 0.247 e. The van der Waals surface area contributed by atoms with Crippen molar-refractivity contribution in [2.24, 2.45) is 0 Å². The molecule has 1 N–H and O–H groups in total. The largest absolute Gasteiger partial charge is 0.452 e. The summed E-state index contributed by atoms with van der Waals surface area (Å²) in [5.74, 6) is 0.251. The monoisotopic (exact) mass is 402 g/mol. The summed E-state index contributed by atoms with van der Waals surface area (Å²) in [6.45, 7) is 2.96. The molecular formula is C11H19BrN2O5S2. The predicted molar refractivity (Wildman–Crippen MR) is 83.3 cm³/mol. The van der Waals surface area contributed by atoms with Gasteiger partial charge in [-0.25, -0.2) is 16.8 Å². The maximum absolute atomic E-state index is 12.4. The number of nitrogens with zero attached hydrogens (tertiary/aromatic N) is 1. The van der Waals surface area contributed by atoms with E-state index in [0.717, 1.165) is 17.1 Å². The molecule has 7 nitrogen and oxygen atoms in total. The zero-order chi connectivity index (χ0) is 16.3. The van der Waals surface area contributed by atoms with Crippen LogP contribution in [0.3, 0.4) is 0 Å². The van der Waals surface area contributed by atoms with Crippen LogP contribution in [0.25, 0.3) is 0 Å². The summed E-state index contributed by atoms with van der Waals surface area (Å²) < 4.78 is 53.5. The summed E-state index contributed by atoms with van der Waals surface area (Å²) >= 11 is 3.09. The molecule has 0 aliphatic carbocycles. The van der Waals surface area contributed by atoms with Crippen molar-refractivity contribution in [1.82, 2.24) is 9.62 Å². The third-order valence-electron chi connectivity index (χ3n) is 2.72. The number of sulfonamides is 1. The molecule has 21 heavy (non-hydrogen) atoms. The molecule has 0 aliphatic rings. The zero-order valence-corrected chi connectivity index (χ0v) is 15.3. The average Bonchev–Trinajstić information content (AvgIpc) is 2.74. The van der Waals surface area contributed by atoms with E-state index < -0.39 is 19.9 Å². The molecule has 0 spiro atoms. The molecule has 122 valence electrons. The van der Waals surface area contributed by atoms with Crippen molar-refractivity contribution in [1.29, 1.82) is 0 Å². The van der Waals surface area contributed by atoms with Crippen molar-refractivity contribution in [2.45, 2.75) is 18.4 Å². The Labute approximate surface area is 133 Å². The minimum absolute atomic E-state index is 0.00796. The van der Waals surface area contributed by atoms with Crippen molar-refractivity contribution >= 4 is 35.8 Å². The molecule has 10 heteroatoms. The molecule has 0 aliphatic heterocycles. The van der Waals surface area contributed by atoms with Gasteiger partial charge < -0.3 is 9.73 Å². The summed E-state index contributed by atoms with van der Waals surface area (Å²) in [6.07, 6.45) is 1.07. The Morgan fingerprint density at radius 3 is 2.48 bits per heavy atom. The predicted octanol–water partition coefficient (Wildman–Crippen LogP) is 0.817.